The Morgan fingerprint density at radius 3 is 2.31 bits per heavy atom. The second kappa shape index (κ2) is 6.88. The van der Waals surface area contributed by atoms with Crippen LogP contribution in [0.2, 0.25) is 0 Å². The summed E-state index contributed by atoms with van der Waals surface area (Å²) in [4.78, 5) is 25.9. The van der Waals surface area contributed by atoms with Crippen molar-refractivity contribution in [3.63, 3.8) is 0 Å². The second-order valence-corrected chi connectivity index (χ2v) is 6.47. The summed E-state index contributed by atoms with van der Waals surface area (Å²) >= 11 is 0. The number of amides is 2. The quantitative estimate of drug-likeness (QED) is 0.789. The zero-order valence-corrected chi connectivity index (χ0v) is 14.1. The smallest absolute Gasteiger partial charge is 0.266 e. The SMILES string of the molecule is O=C1c2ccccc2C(=O)N1c1ccc(OCC2CCOCC2)c(F)c1. The maximum absolute atomic E-state index is 14.4. The van der Waals surface area contributed by atoms with Gasteiger partial charge in [-0.2, -0.15) is 0 Å². The summed E-state index contributed by atoms with van der Waals surface area (Å²) in [5, 5.41) is 0. The molecule has 26 heavy (non-hydrogen) atoms. The van der Waals surface area contributed by atoms with Crippen molar-refractivity contribution in [2.24, 2.45) is 5.92 Å². The molecular weight excluding hydrogens is 337 g/mol. The fourth-order valence-corrected chi connectivity index (χ4v) is 3.29. The Kier molecular flexibility index (Phi) is 4.42. The molecule has 1 saturated heterocycles. The summed E-state index contributed by atoms with van der Waals surface area (Å²) in [6.07, 6.45) is 1.80. The first-order chi connectivity index (χ1) is 12.6. The molecule has 2 aromatic rings. The van der Waals surface area contributed by atoms with Crippen LogP contribution in [-0.4, -0.2) is 31.6 Å². The third-order valence-corrected chi connectivity index (χ3v) is 4.78. The molecule has 2 heterocycles. The van der Waals surface area contributed by atoms with Gasteiger partial charge in [0, 0.05) is 19.3 Å². The average Bonchev–Trinajstić information content (AvgIpc) is 2.93. The molecule has 0 bridgehead atoms. The van der Waals surface area contributed by atoms with Gasteiger partial charge in [0.1, 0.15) is 0 Å². The number of fused-ring (bicyclic) bond motifs is 1. The molecule has 1 fully saturated rings. The molecule has 2 amide bonds. The number of hydrogen-bond acceptors (Lipinski definition) is 4. The number of rotatable bonds is 4. The van der Waals surface area contributed by atoms with Crippen molar-refractivity contribution in [2.45, 2.75) is 12.8 Å². The van der Waals surface area contributed by atoms with Gasteiger partial charge in [0.25, 0.3) is 11.8 Å². The van der Waals surface area contributed by atoms with Gasteiger partial charge in [0.15, 0.2) is 11.6 Å². The second-order valence-electron chi connectivity index (χ2n) is 6.47. The van der Waals surface area contributed by atoms with E-state index in [9.17, 15) is 14.0 Å². The lowest BCUT2D eigenvalue weighted by Crippen LogP contribution is -2.29. The summed E-state index contributed by atoms with van der Waals surface area (Å²) in [5.41, 5.74) is 0.864. The van der Waals surface area contributed by atoms with Gasteiger partial charge in [-0.3, -0.25) is 9.59 Å². The molecule has 4 rings (SSSR count). The maximum Gasteiger partial charge on any atom is 0.266 e. The molecule has 2 aliphatic rings. The van der Waals surface area contributed by atoms with Crippen LogP contribution in [0.3, 0.4) is 0 Å². The predicted octanol–water partition coefficient (Wildman–Crippen LogP) is 3.43. The van der Waals surface area contributed by atoms with Crippen LogP contribution in [-0.2, 0) is 4.74 Å². The van der Waals surface area contributed by atoms with Gasteiger partial charge in [-0.25, -0.2) is 9.29 Å². The van der Waals surface area contributed by atoms with Crippen LogP contribution in [0.5, 0.6) is 5.75 Å². The van der Waals surface area contributed by atoms with Gasteiger partial charge in [-0.1, -0.05) is 12.1 Å². The van der Waals surface area contributed by atoms with E-state index in [4.69, 9.17) is 9.47 Å². The lowest BCUT2D eigenvalue weighted by atomic mass is 10.0. The van der Waals surface area contributed by atoms with E-state index in [2.05, 4.69) is 0 Å². The highest BCUT2D eigenvalue weighted by atomic mass is 19.1. The van der Waals surface area contributed by atoms with E-state index < -0.39 is 17.6 Å². The molecule has 0 spiro atoms. The molecule has 0 unspecified atom stereocenters. The van der Waals surface area contributed by atoms with E-state index in [-0.39, 0.29) is 11.4 Å². The number of ether oxygens (including phenoxy) is 2. The van der Waals surface area contributed by atoms with Gasteiger partial charge in [0.05, 0.1) is 23.4 Å². The Morgan fingerprint density at radius 2 is 1.69 bits per heavy atom. The highest BCUT2D eigenvalue weighted by Crippen LogP contribution is 2.31. The number of imide groups is 1. The van der Waals surface area contributed by atoms with Crippen LogP contribution in [0.15, 0.2) is 42.5 Å². The van der Waals surface area contributed by atoms with Crippen LogP contribution in [0.4, 0.5) is 10.1 Å². The van der Waals surface area contributed by atoms with Crippen LogP contribution in [0.1, 0.15) is 33.6 Å². The van der Waals surface area contributed by atoms with E-state index in [1.54, 1.807) is 24.3 Å². The number of carbonyl (C=O) groups is 2. The molecule has 0 N–H and O–H groups in total. The van der Waals surface area contributed by atoms with E-state index in [1.165, 1.54) is 18.2 Å². The number of benzene rings is 2. The van der Waals surface area contributed by atoms with Crippen molar-refractivity contribution in [3.05, 3.63) is 59.4 Å². The molecule has 0 radical (unpaired) electrons. The maximum atomic E-state index is 14.4. The minimum Gasteiger partial charge on any atom is -0.490 e. The lowest BCUT2D eigenvalue weighted by Gasteiger charge is -2.22. The first kappa shape index (κ1) is 16.7. The topological polar surface area (TPSA) is 55.8 Å². The molecule has 5 nitrogen and oxygen atoms in total. The Hall–Kier alpha value is -2.73. The van der Waals surface area contributed by atoms with E-state index in [0.717, 1.165) is 17.7 Å². The first-order valence-electron chi connectivity index (χ1n) is 8.63. The fraction of sp³-hybridized carbons (Fsp3) is 0.300. The van der Waals surface area contributed by atoms with E-state index >= 15 is 0 Å². The highest BCUT2D eigenvalue weighted by molar-refractivity contribution is 6.34. The Labute approximate surface area is 150 Å². The number of carbonyl (C=O) groups excluding carboxylic acids is 2. The highest BCUT2D eigenvalue weighted by Gasteiger charge is 2.36. The number of anilines is 1. The minimum absolute atomic E-state index is 0.122. The normalized spacial score (nSPS) is 17.5. The van der Waals surface area contributed by atoms with Crippen molar-refractivity contribution in [1.82, 2.24) is 0 Å². The Morgan fingerprint density at radius 1 is 1.04 bits per heavy atom. The summed E-state index contributed by atoms with van der Waals surface area (Å²) < 4.78 is 25.3. The summed E-state index contributed by atoms with van der Waals surface area (Å²) in [6, 6.07) is 10.7. The number of nitrogens with zero attached hydrogens (tertiary/aromatic N) is 1. The Bertz CT molecular complexity index is 826. The van der Waals surface area contributed by atoms with Crippen molar-refractivity contribution >= 4 is 17.5 Å². The molecule has 2 aliphatic heterocycles. The largest absolute Gasteiger partial charge is 0.490 e. The third kappa shape index (κ3) is 2.97. The molecule has 0 aromatic heterocycles. The van der Waals surface area contributed by atoms with E-state index in [0.29, 0.717) is 36.9 Å². The van der Waals surface area contributed by atoms with Gasteiger partial charge in [-0.15, -0.1) is 0 Å². The molecule has 0 saturated carbocycles. The van der Waals surface area contributed by atoms with Crippen LogP contribution in [0.25, 0.3) is 0 Å². The molecule has 6 heteroatoms. The van der Waals surface area contributed by atoms with Crippen molar-refractivity contribution in [1.29, 1.82) is 0 Å². The third-order valence-electron chi connectivity index (χ3n) is 4.78. The Balaban J connectivity index is 1.51. The van der Waals surface area contributed by atoms with Gasteiger partial charge in [-0.05, 0) is 43.0 Å². The molecule has 0 aliphatic carbocycles. The van der Waals surface area contributed by atoms with Crippen LogP contribution in [0, 0.1) is 11.7 Å². The summed E-state index contributed by atoms with van der Waals surface area (Å²) in [6.45, 7) is 1.83. The minimum atomic E-state index is -0.592. The van der Waals surface area contributed by atoms with Gasteiger partial charge in [0.2, 0.25) is 0 Å². The zero-order chi connectivity index (χ0) is 18.1. The zero-order valence-electron chi connectivity index (χ0n) is 14.1. The van der Waals surface area contributed by atoms with Crippen LogP contribution < -0.4 is 9.64 Å². The summed E-state index contributed by atoms with van der Waals surface area (Å²) in [7, 11) is 0. The van der Waals surface area contributed by atoms with Gasteiger partial charge >= 0.3 is 0 Å². The summed E-state index contributed by atoms with van der Waals surface area (Å²) in [5.74, 6) is -1.01. The number of halogens is 1. The molecule has 134 valence electrons. The standard InChI is InChI=1S/C20H18FNO4/c21-17-11-14(5-6-18(17)26-12-13-7-9-25-10-8-13)22-19(23)15-3-1-2-4-16(15)20(22)24/h1-6,11,13H,7-10,12H2. The van der Waals surface area contributed by atoms with Crippen molar-refractivity contribution in [3.8, 4) is 5.75 Å². The van der Waals surface area contributed by atoms with Gasteiger partial charge < -0.3 is 9.47 Å². The first-order valence-corrected chi connectivity index (χ1v) is 8.63. The molecule has 0 atom stereocenters. The molecular formula is C20H18FNO4. The van der Waals surface area contributed by atoms with Crippen LogP contribution >= 0.6 is 0 Å². The molecule has 2 aromatic carbocycles. The van der Waals surface area contributed by atoms with E-state index in [1.807, 2.05) is 0 Å². The lowest BCUT2D eigenvalue weighted by molar-refractivity contribution is 0.0492. The van der Waals surface area contributed by atoms with Crippen molar-refractivity contribution in [2.75, 3.05) is 24.7 Å². The predicted molar refractivity (Wildman–Crippen MR) is 93.0 cm³/mol. The van der Waals surface area contributed by atoms with Crippen molar-refractivity contribution < 1.29 is 23.5 Å². The monoisotopic (exact) mass is 355 g/mol. The fourth-order valence-electron chi connectivity index (χ4n) is 3.29. The average molecular weight is 355 g/mol. The number of hydrogen-bond donors (Lipinski definition) is 0.